The van der Waals surface area contributed by atoms with Gasteiger partial charge in [-0.3, -0.25) is 0 Å². The molecule has 2 atom stereocenters. The second-order valence-electron chi connectivity index (χ2n) is 5.14. The Balaban J connectivity index is 2.31. The average Bonchev–Trinajstić information content (AvgIpc) is 2.25. The molecule has 0 amide bonds. The van der Waals surface area contributed by atoms with Gasteiger partial charge >= 0.3 is 0 Å². The highest BCUT2D eigenvalue weighted by atomic mass is 16.5. The van der Waals surface area contributed by atoms with Gasteiger partial charge in [0.15, 0.2) is 0 Å². The molecule has 0 radical (unpaired) electrons. The third kappa shape index (κ3) is 4.12. The van der Waals surface area contributed by atoms with Gasteiger partial charge in [0.25, 0.3) is 0 Å². The SMILES string of the molecule is CCCCCOC1(CN)CCCC(C)C1. The van der Waals surface area contributed by atoms with Crippen LogP contribution in [-0.4, -0.2) is 18.8 Å². The maximum absolute atomic E-state index is 6.07. The summed E-state index contributed by atoms with van der Waals surface area (Å²) in [6.45, 7) is 6.14. The number of unbranched alkanes of at least 4 members (excludes halogenated alkanes) is 2. The lowest BCUT2D eigenvalue weighted by Crippen LogP contribution is -2.44. The molecule has 0 spiro atoms. The molecule has 0 bridgehead atoms. The van der Waals surface area contributed by atoms with Crippen LogP contribution in [0.4, 0.5) is 0 Å². The van der Waals surface area contributed by atoms with E-state index in [2.05, 4.69) is 13.8 Å². The number of hydrogen-bond acceptors (Lipinski definition) is 2. The molecule has 1 aliphatic carbocycles. The van der Waals surface area contributed by atoms with E-state index < -0.39 is 0 Å². The number of nitrogens with two attached hydrogens (primary N) is 1. The average molecular weight is 213 g/mol. The molecule has 2 unspecified atom stereocenters. The second-order valence-corrected chi connectivity index (χ2v) is 5.14. The molecule has 1 aliphatic rings. The summed E-state index contributed by atoms with van der Waals surface area (Å²) in [4.78, 5) is 0. The quantitative estimate of drug-likeness (QED) is 0.688. The van der Waals surface area contributed by atoms with E-state index in [1.165, 1.54) is 38.5 Å². The molecule has 0 aromatic rings. The van der Waals surface area contributed by atoms with Crippen LogP contribution in [0.5, 0.6) is 0 Å². The van der Waals surface area contributed by atoms with E-state index in [1.807, 2.05) is 0 Å². The summed E-state index contributed by atoms with van der Waals surface area (Å²) in [6, 6.07) is 0. The zero-order valence-corrected chi connectivity index (χ0v) is 10.4. The van der Waals surface area contributed by atoms with E-state index in [4.69, 9.17) is 10.5 Å². The normalized spacial score (nSPS) is 31.8. The van der Waals surface area contributed by atoms with Crippen molar-refractivity contribution in [1.82, 2.24) is 0 Å². The highest BCUT2D eigenvalue weighted by Crippen LogP contribution is 2.34. The van der Waals surface area contributed by atoms with E-state index >= 15 is 0 Å². The van der Waals surface area contributed by atoms with Gasteiger partial charge in [-0.1, -0.05) is 39.5 Å². The van der Waals surface area contributed by atoms with Crippen molar-refractivity contribution in [2.45, 2.75) is 64.4 Å². The zero-order chi connectivity index (χ0) is 11.1. The van der Waals surface area contributed by atoms with Crippen molar-refractivity contribution in [3.63, 3.8) is 0 Å². The molecule has 0 aliphatic heterocycles. The summed E-state index contributed by atoms with van der Waals surface area (Å²) >= 11 is 0. The van der Waals surface area contributed by atoms with Gasteiger partial charge in [0, 0.05) is 13.2 Å². The number of hydrogen-bond donors (Lipinski definition) is 1. The fraction of sp³-hybridized carbons (Fsp3) is 1.00. The van der Waals surface area contributed by atoms with Crippen LogP contribution in [0.3, 0.4) is 0 Å². The monoisotopic (exact) mass is 213 g/mol. The first-order valence-corrected chi connectivity index (χ1v) is 6.56. The van der Waals surface area contributed by atoms with Crippen molar-refractivity contribution >= 4 is 0 Å². The summed E-state index contributed by atoms with van der Waals surface area (Å²) < 4.78 is 6.07. The summed E-state index contributed by atoms with van der Waals surface area (Å²) in [5, 5.41) is 0. The van der Waals surface area contributed by atoms with Gasteiger partial charge in [0.1, 0.15) is 0 Å². The Morgan fingerprint density at radius 3 is 2.80 bits per heavy atom. The minimum Gasteiger partial charge on any atom is -0.374 e. The van der Waals surface area contributed by atoms with E-state index in [0.717, 1.165) is 18.9 Å². The van der Waals surface area contributed by atoms with Crippen molar-refractivity contribution in [2.24, 2.45) is 11.7 Å². The highest BCUT2D eigenvalue weighted by molar-refractivity contribution is 4.87. The topological polar surface area (TPSA) is 35.2 Å². The lowest BCUT2D eigenvalue weighted by atomic mass is 9.79. The first kappa shape index (κ1) is 13.0. The predicted molar refractivity (Wildman–Crippen MR) is 64.9 cm³/mol. The standard InChI is InChI=1S/C13H27NO/c1-3-4-5-9-15-13(11-14)8-6-7-12(2)10-13/h12H,3-11,14H2,1-2H3. The van der Waals surface area contributed by atoms with Gasteiger partial charge in [-0.05, 0) is 25.2 Å². The summed E-state index contributed by atoms with van der Waals surface area (Å²) in [5.74, 6) is 0.786. The zero-order valence-electron chi connectivity index (χ0n) is 10.4. The van der Waals surface area contributed by atoms with Crippen LogP contribution >= 0.6 is 0 Å². The van der Waals surface area contributed by atoms with Crippen molar-refractivity contribution in [3.8, 4) is 0 Å². The van der Waals surface area contributed by atoms with Crippen LogP contribution in [0.15, 0.2) is 0 Å². The molecular formula is C13H27NO. The van der Waals surface area contributed by atoms with Gasteiger partial charge in [0.05, 0.1) is 5.60 Å². The van der Waals surface area contributed by atoms with Gasteiger partial charge in [-0.15, -0.1) is 0 Å². The van der Waals surface area contributed by atoms with Crippen LogP contribution in [0.2, 0.25) is 0 Å². The Hall–Kier alpha value is -0.0800. The number of rotatable bonds is 6. The van der Waals surface area contributed by atoms with E-state index in [0.29, 0.717) is 6.54 Å². The Morgan fingerprint density at radius 1 is 1.40 bits per heavy atom. The summed E-state index contributed by atoms with van der Waals surface area (Å²) in [6.07, 6.45) is 8.68. The third-order valence-electron chi connectivity index (χ3n) is 3.58. The number of ether oxygens (including phenoxy) is 1. The summed E-state index contributed by atoms with van der Waals surface area (Å²) in [7, 11) is 0. The Bertz CT molecular complexity index is 172. The van der Waals surface area contributed by atoms with Crippen LogP contribution in [0, 0.1) is 5.92 Å². The smallest absolute Gasteiger partial charge is 0.0806 e. The molecule has 1 fully saturated rings. The van der Waals surface area contributed by atoms with Crippen molar-refractivity contribution in [1.29, 1.82) is 0 Å². The predicted octanol–water partition coefficient (Wildman–Crippen LogP) is 3.10. The fourth-order valence-corrected chi connectivity index (χ4v) is 2.63. The molecule has 2 nitrogen and oxygen atoms in total. The van der Waals surface area contributed by atoms with Crippen molar-refractivity contribution < 1.29 is 4.74 Å². The van der Waals surface area contributed by atoms with E-state index in [-0.39, 0.29) is 5.60 Å². The molecule has 2 heteroatoms. The lowest BCUT2D eigenvalue weighted by Gasteiger charge is -2.39. The molecule has 0 heterocycles. The molecule has 90 valence electrons. The fourth-order valence-electron chi connectivity index (χ4n) is 2.63. The molecule has 2 N–H and O–H groups in total. The second kappa shape index (κ2) is 6.49. The largest absolute Gasteiger partial charge is 0.374 e. The van der Waals surface area contributed by atoms with Crippen LogP contribution in [0.1, 0.15) is 58.8 Å². The van der Waals surface area contributed by atoms with Gasteiger partial charge in [-0.25, -0.2) is 0 Å². The van der Waals surface area contributed by atoms with Crippen molar-refractivity contribution in [3.05, 3.63) is 0 Å². The van der Waals surface area contributed by atoms with Gasteiger partial charge in [-0.2, -0.15) is 0 Å². The molecule has 1 rings (SSSR count). The molecule has 0 aromatic carbocycles. The van der Waals surface area contributed by atoms with Gasteiger partial charge < -0.3 is 10.5 Å². The molecule has 0 aromatic heterocycles. The van der Waals surface area contributed by atoms with Gasteiger partial charge in [0.2, 0.25) is 0 Å². The van der Waals surface area contributed by atoms with Crippen molar-refractivity contribution in [2.75, 3.05) is 13.2 Å². The minimum absolute atomic E-state index is 0.0193. The van der Waals surface area contributed by atoms with E-state index in [1.54, 1.807) is 0 Å². The molecule has 1 saturated carbocycles. The van der Waals surface area contributed by atoms with E-state index in [9.17, 15) is 0 Å². The molecule has 15 heavy (non-hydrogen) atoms. The molecule has 0 saturated heterocycles. The first-order chi connectivity index (χ1) is 7.22. The Morgan fingerprint density at radius 2 is 2.20 bits per heavy atom. The third-order valence-corrected chi connectivity index (χ3v) is 3.58. The molecular weight excluding hydrogens is 186 g/mol. The summed E-state index contributed by atoms with van der Waals surface area (Å²) in [5.41, 5.74) is 5.91. The highest BCUT2D eigenvalue weighted by Gasteiger charge is 2.34. The Kier molecular flexibility index (Phi) is 5.62. The van der Waals surface area contributed by atoms with Crippen LogP contribution < -0.4 is 5.73 Å². The maximum atomic E-state index is 6.07. The minimum atomic E-state index is 0.0193. The lowest BCUT2D eigenvalue weighted by molar-refractivity contribution is -0.0753. The van der Waals surface area contributed by atoms with Crippen LogP contribution in [-0.2, 0) is 4.74 Å². The Labute approximate surface area is 94.6 Å². The maximum Gasteiger partial charge on any atom is 0.0806 e. The first-order valence-electron chi connectivity index (χ1n) is 6.56. The van der Waals surface area contributed by atoms with Crippen LogP contribution in [0.25, 0.3) is 0 Å².